The maximum Gasteiger partial charge on any atom is 0.259 e. The van der Waals surface area contributed by atoms with E-state index in [9.17, 15) is 18.8 Å². The van der Waals surface area contributed by atoms with Gasteiger partial charge in [-0.2, -0.15) is 0 Å². The van der Waals surface area contributed by atoms with Crippen LogP contribution >= 0.6 is 0 Å². The Bertz CT molecular complexity index is 1280. The molecule has 0 aliphatic carbocycles. The summed E-state index contributed by atoms with van der Waals surface area (Å²) in [5.74, 6) is -0.664. The number of carbonyl (C=O) groups excluding carboxylic acids is 2. The molecule has 9 heteroatoms. The van der Waals surface area contributed by atoms with Crippen LogP contribution in [0.3, 0.4) is 0 Å². The van der Waals surface area contributed by atoms with Crippen molar-refractivity contribution >= 4 is 11.8 Å². The highest BCUT2D eigenvalue weighted by Gasteiger charge is 2.27. The minimum Gasteiger partial charge on any atom is -0.467 e. The van der Waals surface area contributed by atoms with Crippen LogP contribution in [-0.2, 0) is 6.54 Å². The van der Waals surface area contributed by atoms with Gasteiger partial charge in [0.1, 0.15) is 22.7 Å². The van der Waals surface area contributed by atoms with Gasteiger partial charge in [0.25, 0.3) is 11.8 Å². The van der Waals surface area contributed by atoms with E-state index in [1.807, 2.05) is 19.9 Å². The molecule has 1 aliphatic rings. The molecule has 3 aromatic rings. The summed E-state index contributed by atoms with van der Waals surface area (Å²) in [7, 11) is 0. The number of halogens is 1. The van der Waals surface area contributed by atoms with E-state index >= 15 is 0 Å². The number of aromatic nitrogens is 1. The number of piperazine rings is 1. The van der Waals surface area contributed by atoms with Gasteiger partial charge < -0.3 is 19.2 Å². The highest BCUT2D eigenvalue weighted by molar-refractivity contribution is 5.99. The topological polar surface area (TPSA) is 87.8 Å². The predicted octanol–water partition coefficient (Wildman–Crippen LogP) is 3.61. The second kappa shape index (κ2) is 10.9. The molecule has 1 aliphatic heterocycles. The van der Waals surface area contributed by atoms with Crippen molar-refractivity contribution in [3.8, 4) is 0 Å². The number of pyridine rings is 1. The van der Waals surface area contributed by atoms with Crippen LogP contribution in [0.15, 0.2) is 64.3 Å². The van der Waals surface area contributed by atoms with Gasteiger partial charge in [0.05, 0.1) is 12.3 Å². The molecule has 0 spiro atoms. The van der Waals surface area contributed by atoms with Gasteiger partial charge >= 0.3 is 0 Å². The van der Waals surface area contributed by atoms with Crippen LogP contribution in [0.4, 0.5) is 4.39 Å². The van der Waals surface area contributed by atoms with Gasteiger partial charge in [-0.1, -0.05) is 12.1 Å². The third-order valence-corrected chi connectivity index (χ3v) is 6.39. The van der Waals surface area contributed by atoms with Crippen molar-refractivity contribution in [2.24, 2.45) is 0 Å². The van der Waals surface area contributed by atoms with E-state index in [0.717, 1.165) is 5.56 Å². The lowest BCUT2D eigenvalue weighted by molar-refractivity contribution is 0.0626. The number of nitrogens with one attached hydrogen (secondary N) is 1. The summed E-state index contributed by atoms with van der Waals surface area (Å²) in [5.41, 5.74) is 0.165. The molecule has 0 bridgehead atoms. The van der Waals surface area contributed by atoms with Crippen molar-refractivity contribution in [3.05, 3.63) is 93.5 Å². The fourth-order valence-corrected chi connectivity index (χ4v) is 4.27. The number of furan rings is 1. The molecule has 1 N–H and O–H groups in total. The minimum absolute atomic E-state index is 0.0272. The zero-order valence-electron chi connectivity index (χ0n) is 20.7. The molecule has 1 aromatic carbocycles. The SMILES string of the molecule is CC(NC(=O)c1cn(C(C)C)cc(C(=O)N2CCN(Cc3cccc(F)c3)CC2)c1=O)c1ccco1. The Morgan fingerprint density at radius 1 is 1.03 bits per heavy atom. The summed E-state index contributed by atoms with van der Waals surface area (Å²) in [6.07, 6.45) is 4.53. The second-order valence-electron chi connectivity index (χ2n) is 9.36. The molecule has 2 amide bonds. The number of rotatable bonds is 7. The molecule has 2 aromatic heterocycles. The van der Waals surface area contributed by atoms with Crippen molar-refractivity contribution < 1.29 is 18.4 Å². The van der Waals surface area contributed by atoms with E-state index in [1.54, 1.807) is 34.6 Å². The van der Waals surface area contributed by atoms with Gasteiger partial charge in [-0.25, -0.2) is 4.39 Å². The zero-order chi connectivity index (χ0) is 25.8. The van der Waals surface area contributed by atoms with Gasteiger partial charge in [0.15, 0.2) is 0 Å². The highest BCUT2D eigenvalue weighted by atomic mass is 19.1. The summed E-state index contributed by atoms with van der Waals surface area (Å²) < 4.78 is 20.5. The Kier molecular flexibility index (Phi) is 7.69. The third-order valence-electron chi connectivity index (χ3n) is 6.39. The third kappa shape index (κ3) is 5.73. The summed E-state index contributed by atoms with van der Waals surface area (Å²) in [6, 6.07) is 9.44. The second-order valence-corrected chi connectivity index (χ2v) is 9.36. The number of benzene rings is 1. The predicted molar refractivity (Wildman–Crippen MR) is 133 cm³/mol. The molecule has 1 saturated heterocycles. The summed E-state index contributed by atoms with van der Waals surface area (Å²) in [4.78, 5) is 43.5. The average Bonchev–Trinajstić information content (AvgIpc) is 3.39. The van der Waals surface area contributed by atoms with Crippen LogP contribution in [0.2, 0.25) is 0 Å². The first-order valence-corrected chi connectivity index (χ1v) is 12.1. The van der Waals surface area contributed by atoms with Crippen LogP contribution < -0.4 is 10.7 Å². The number of nitrogens with zero attached hydrogens (tertiary/aromatic N) is 3. The fourth-order valence-electron chi connectivity index (χ4n) is 4.27. The largest absolute Gasteiger partial charge is 0.467 e. The highest BCUT2D eigenvalue weighted by Crippen LogP contribution is 2.16. The molecule has 4 rings (SSSR count). The Labute approximate surface area is 209 Å². The normalized spacial score (nSPS) is 15.2. The van der Waals surface area contributed by atoms with Crippen molar-refractivity contribution in [1.29, 1.82) is 0 Å². The number of hydrogen-bond donors (Lipinski definition) is 1. The van der Waals surface area contributed by atoms with E-state index in [2.05, 4.69) is 10.2 Å². The van der Waals surface area contributed by atoms with E-state index in [4.69, 9.17) is 4.42 Å². The average molecular weight is 495 g/mol. The quantitative estimate of drug-likeness (QED) is 0.542. The molecule has 8 nitrogen and oxygen atoms in total. The summed E-state index contributed by atoms with van der Waals surface area (Å²) in [6.45, 7) is 8.24. The Hall–Kier alpha value is -3.72. The van der Waals surface area contributed by atoms with Gasteiger partial charge in [0, 0.05) is 51.2 Å². The zero-order valence-corrected chi connectivity index (χ0v) is 20.7. The number of amides is 2. The molecule has 190 valence electrons. The number of carbonyl (C=O) groups is 2. The van der Waals surface area contributed by atoms with Crippen molar-refractivity contribution in [2.45, 2.75) is 39.4 Å². The molecule has 36 heavy (non-hydrogen) atoms. The monoisotopic (exact) mass is 494 g/mol. The van der Waals surface area contributed by atoms with E-state index in [-0.39, 0.29) is 23.0 Å². The maximum absolute atomic E-state index is 13.5. The van der Waals surface area contributed by atoms with Crippen LogP contribution in [0, 0.1) is 5.82 Å². The van der Waals surface area contributed by atoms with Gasteiger partial charge in [-0.05, 0) is 50.6 Å². The first-order valence-electron chi connectivity index (χ1n) is 12.1. The van der Waals surface area contributed by atoms with Crippen molar-refractivity contribution in [3.63, 3.8) is 0 Å². The van der Waals surface area contributed by atoms with E-state index in [0.29, 0.717) is 38.5 Å². The minimum atomic E-state index is -0.594. The molecule has 1 unspecified atom stereocenters. The van der Waals surface area contributed by atoms with Gasteiger partial charge in [0.2, 0.25) is 5.43 Å². The summed E-state index contributed by atoms with van der Waals surface area (Å²) in [5, 5.41) is 2.78. The molecular formula is C27H31FN4O4. The Balaban J connectivity index is 1.50. The fraction of sp³-hybridized carbons (Fsp3) is 0.370. The molecular weight excluding hydrogens is 463 g/mol. The standard InChI is InChI=1S/C27H31FN4O4/c1-18(2)32-16-22(26(34)29-19(3)24-8-5-13-36-24)25(33)23(17-32)27(35)31-11-9-30(10-12-31)15-20-6-4-7-21(28)14-20/h4-8,13-14,16-19H,9-12,15H2,1-3H3,(H,29,34). The van der Waals surface area contributed by atoms with Gasteiger partial charge in [-0.15, -0.1) is 0 Å². The van der Waals surface area contributed by atoms with Crippen LogP contribution in [-0.4, -0.2) is 52.4 Å². The lowest BCUT2D eigenvalue weighted by Gasteiger charge is -2.34. The van der Waals surface area contributed by atoms with E-state index in [1.165, 1.54) is 30.8 Å². The van der Waals surface area contributed by atoms with Crippen LogP contribution in [0.1, 0.15) is 64.9 Å². The smallest absolute Gasteiger partial charge is 0.259 e. The van der Waals surface area contributed by atoms with E-state index < -0.39 is 23.3 Å². The molecule has 1 atom stereocenters. The van der Waals surface area contributed by atoms with Gasteiger partial charge in [-0.3, -0.25) is 19.3 Å². The van der Waals surface area contributed by atoms with Crippen molar-refractivity contribution in [2.75, 3.05) is 26.2 Å². The first kappa shape index (κ1) is 25.4. The van der Waals surface area contributed by atoms with Crippen LogP contribution in [0.25, 0.3) is 0 Å². The Morgan fingerprint density at radius 2 is 1.75 bits per heavy atom. The molecule has 3 heterocycles. The molecule has 1 fully saturated rings. The lowest BCUT2D eigenvalue weighted by Crippen LogP contribution is -2.49. The molecule has 0 radical (unpaired) electrons. The summed E-state index contributed by atoms with van der Waals surface area (Å²) >= 11 is 0. The molecule has 0 saturated carbocycles. The Morgan fingerprint density at radius 3 is 2.39 bits per heavy atom. The number of hydrogen-bond acceptors (Lipinski definition) is 5. The maximum atomic E-state index is 13.5. The van der Waals surface area contributed by atoms with Crippen molar-refractivity contribution in [1.82, 2.24) is 19.7 Å². The lowest BCUT2D eigenvalue weighted by atomic mass is 10.1. The first-order chi connectivity index (χ1) is 17.2. The van der Waals surface area contributed by atoms with Crippen LogP contribution in [0.5, 0.6) is 0 Å².